The number of nitrogens with zero attached hydrogens (tertiary/aromatic N) is 1. The van der Waals surface area contributed by atoms with E-state index in [1.54, 1.807) is 0 Å². The lowest BCUT2D eigenvalue weighted by molar-refractivity contribution is 0.191. The van der Waals surface area contributed by atoms with Crippen LogP contribution in [0.3, 0.4) is 0 Å². The first-order valence-corrected chi connectivity index (χ1v) is 5.25. The molecule has 0 saturated carbocycles. The van der Waals surface area contributed by atoms with E-state index in [1.165, 1.54) is 11.1 Å². The summed E-state index contributed by atoms with van der Waals surface area (Å²) >= 11 is 0. The molecule has 0 bridgehead atoms. The van der Waals surface area contributed by atoms with Gasteiger partial charge in [-0.3, -0.25) is 4.90 Å². The summed E-state index contributed by atoms with van der Waals surface area (Å²) in [5, 5.41) is 0. The van der Waals surface area contributed by atoms with E-state index in [1.807, 2.05) is 0 Å². The van der Waals surface area contributed by atoms with E-state index in [0.29, 0.717) is 6.04 Å². The topological polar surface area (TPSA) is 29.3 Å². The van der Waals surface area contributed by atoms with Gasteiger partial charge >= 0.3 is 0 Å². The highest BCUT2D eigenvalue weighted by molar-refractivity contribution is 5.30. The zero-order valence-electron chi connectivity index (χ0n) is 8.90. The van der Waals surface area contributed by atoms with Crippen molar-refractivity contribution >= 4 is 0 Å². The fourth-order valence-corrected chi connectivity index (χ4v) is 1.98. The minimum Gasteiger partial charge on any atom is -0.327 e. The van der Waals surface area contributed by atoms with E-state index in [0.717, 1.165) is 13.1 Å². The van der Waals surface area contributed by atoms with Crippen LogP contribution < -0.4 is 5.73 Å². The van der Waals surface area contributed by atoms with Gasteiger partial charge < -0.3 is 5.73 Å². The fourth-order valence-electron chi connectivity index (χ4n) is 1.98. The smallest absolute Gasteiger partial charge is 0.0244 e. The van der Waals surface area contributed by atoms with Gasteiger partial charge in [0.25, 0.3) is 0 Å². The third kappa shape index (κ3) is 1.68. The van der Waals surface area contributed by atoms with Crippen LogP contribution in [0.2, 0.25) is 0 Å². The van der Waals surface area contributed by atoms with Gasteiger partial charge in [-0.1, -0.05) is 24.3 Å². The van der Waals surface area contributed by atoms with Gasteiger partial charge in [-0.15, -0.1) is 0 Å². The predicted octanol–water partition coefficient (Wildman–Crippen LogP) is 1.74. The van der Waals surface area contributed by atoms with E-state index in [2.05, 4.69) is 43.0 Å². The van der Waals surface area contributed by atoms with E-state index in [9.17, 15) is 0 Å². The molecule has 1 aromatic carbocycles. The van der Waals surface area contributed by atoms with Crippen molar-refractivity contribution in [1.82, 2.24) is 4.90 Å². The molecule has 2 unspecified atom stereocenters. The van der Waals surface area contributed by atoms with Gasteiger partial charge in [0.15, 0.2) is 0 Å². The molecule has 1 aromatic rings. The maximum Gasteiger partial charge on any atom is 0.0244 e. The molecule has 0 spiro atoms. The maximum absolute atomic E-state index is 5.91. The molecule has 0 aromatic heterocycles. The Kier molecular flexibility index (Phi) is 2.57. The molecule has 1 aliphatic rings. The van der Waals surface area contributed by atoms with Gasteiger partial charge in [-0.25, -0.2) is 0 Å². The van der Waals surface area contributed by atoms with Crippen molar-refractivity contribution in [1.29, 1.82) is 0 Å². The van der Waals surface area contributed by atoms with Gasteiger partial charge in [0.2, 0.25) is 0 Å². The van der Waals surface area contributed by atoms with Crippen LogP contribution >= 0.6 is 0 Å². The Morgan fingerprint density at radius 1 is 1.14 bits per heavy atom. The molecule has 2 nitrogen and oxygen atoms in total. The second-order valence-electron chi connectivity index (χ2n) is 4.27. The van der Waals surface area contributed by atoms with E-state index >= 15 is 0 Å². The van der Waals surface area contributed by atoms with Crippen LogP contribution in [0, 0.1) is 0 Å². The van der Waals surface area contributed by atoms with Crippen molar-refractivity contribution in [2.24, 2.45) is 5.73 Å². The summed E-state index contributed by atoms with van der Waals surface area (Å²) in [6, 6.07) is 9.34. The first kappa shape index (κ1) is 9.69. The van der Waals surface area contributed by atoms with Crippen molar-refractivity contribution < 1.29 is 0 Å². The molecule has 2 N–H and O–H groups in total. The minimum atomic E-state index is 0.240. The number of benzene rings is 1. The van der Waals surface area contributed by atoms with Crippen molar-refractivity contribution in [3.05, 3.63) is 35.4 Å². The Balaban J connectivity index is 2.12. The molecular weight excluding hydrogens is 172 g/mol. The molecule has 76 valence electrons. The third-order valence-electron chi connectivity index (χ3n) is 3.20. The van der Waals surface area contributed by atoms with Crippen LogP contribution in [0.15, 0.2) is 24.3 Å². The van der Waals surface area contributed by atoms with Crippen LogP contribution in [0.4, 0.5) is 0 Å². The molecule has 1 aliphatic heterocycles. The highest BCUT2D eigenvalue weighted by Gasteiger charge is 2.24. The molecule has 0 amide bonds. The number of hydrogen-bond acceptors (Lipinski definition) is 2. The second-order valence-corrected chi connectivity index (χ2v) is 4.27. The summed E-state index contributed by atoms with van der Waals surface area (Å²) in [5.41, 5.74) is 8.83. The Labute approximate surface area is 85.7 Å². The molecule has 0 saturated heterocycles. The lowest BCUT2D eigenvalue weighted by Crippen LogP contribution is -2.41. The Morgan fingerprint density at radius 2 is 1.64 bits per heavy atom. The third-order valence-corrected chi connectivity index (χ3v) is 3.20. The zero-order chi connectivity index (χ0) is 10.1. The summed E-state index contributed by atoms with van der Waals surface area (Å²) < 4.78 is 0. The average molecular weight is 190 g/mol. The molecule has 0 radical (unpaired) electrons. The fraction of sp³-hybridized carbons (Fsp3) is 0.500. The van der Waals surface area contributed by atoms with Crippen LogP contribution in [-0.2, 0) is 13.1 Å². The monoisotopic (exact) mass is 190 g/mol. The molecule has 2 heteroatoms. The van der Waals surface area contributed by atoms with E-state index in [-0.39, 0.29) is 6.04 Å². The highest BCUT2D eigenvalue weighted by atomic mass is 15.2. The van der Waals surface area contributed by atoms with Crippen molar-refractivity contribution in [2.75, 3.05) is 0 Å². The lowest BCUT2D eigenvalue weighted by atomic mass is 10.1. The molecule has 1 heterocycles. The molecular formula is C12H18N2. The van der Waals surface area contributed by atoms with Gasteiger partial charge in [-0.2, -0.15) is 0 Å². The number of hydrogen-bond donors (Lipinski definition) is 1. The van der Waals surface area contributed by atoms with Crippen LogP contribution in [-0.4, -0.2) is 17.0 Å². The largest absolute Gasteiger partial charge is 0.327 e. The van der Waals surface area contributed by atoms with E-state index < -0.39 is 0 Å². The predicted molar refractivity (Wildman–Crippen MR) is 58.8 cm³/mol. The summed E-state index contributed by atoms with van der Waals surface area (Å²) in [6.07, 6.45) is 0. The lowest BCUT2D eigenvalue weighted by Gasteiger charge is -2.26. The normalized spacial score (nSPS) is 20.5. The Bertz CT molecular complexity index is 295. The Hall–Kier alpha value is -0.860. The summed E-state index contributed by atoms with van der Waals surface area (Å²) in [7, 11) is 0. The van der Waals surface area contributed by atoms with Gasteiger partial charge in [0, 0.05) is 25.2 Å². The van der Waals surface area contributed by atoms with Gasteiger partial charge in [0.05, 0.1) is 0 Å². The quantitative estimate of drug-likeness (QED) is 0.769. The number of rotatable bonds is 2. The SMILES string of the molecule is CC(N)C(C)N1Cc2ccccc2C1. The first-order valence-electron chi connectivity index (χ1n) is 5.25. The van der Waals surface area contributed by atoms with Crippen LogP contribution in [0.25, 0.3) is 0 Å². The second kappa shape index (κ2) is 3.71. The average Bonchev–Trinajstić information content (AvgIpc) is 2.59. The maximum atomic E-state index is 5.91. The van der Waals surface area contributed by atoms with Crippen molar-refractivity contribution in [2.45, 2.75) is 39.0 Å². The molecule has 0 fully saturated rings. The minimum absolute atomic E-state index is 0.240. The summed E-state index contributed by atoms with van der Waals surface area (Å²) in [6.45, 7) is 6.39. The zero-order valence-corrected chi connectivity index (χ0v) is 8.90. The van der Waals surface area contributed by atoms with Gasteiger partial charge in [0.1, 0.15) is 0 Å². The molecule has 0 aliphatic carbocycles. The number of fused-ring (bicyclic) bond motifs is 1. The molecule has 2 atom stereocenters. The summed E-state index contributed by atoms with van der Waals surface area (Å²) in [5.74, 6) is 0. The highest BCUT2D eigenvalue weighted by Crippen LogP contribution is 2.24. The Morgan fingerprint density at radius 3 is 2.07 bits per heavy atom. The molecule has 2 rings (SSSR count). The van der Waals surface area contributed by atoms with Crippen molar-refractivity contribution in [3.8, 4) is 0 Å². The van der Waals surface area contributed by atoms with Crippen LogP contribution in [0.1, 0.15) is 25.0 Å². The summed E-state index contributed by atoms with van der Waals surface area (Å²) in [4.78, 5) is 2.44. The van der Waals surface area contributed by atoms with Crippen LogP contribution in [0.5, 0.6) is 0 Å². The van der Waals surface area contributed by atoms with E-state index in [4.69, 9.17) is 5.73 Å². The standard InChI is InChI=1S/C12H18N2/c1-9(13)10(2)14-7-11-5-3-4-6-12(11)8-14/h3-6,9-10H,7-8,13H2,1-2H3. The first-order chi connectivity index (χ1) is 6.68. The van der Waals surface area contributed by atoms with Crippen molar-refractivity contribution in [3.63, 3.8) is 0 Å². The molecule has 14 heavy (non-hydrogen) atoms. The van der Waals surface area contributed by atoms with Gasteiger partial charge in [-0.05, 0) is 25.0 Å². The number of nitrogens with two attached hydrogens (primary N) is 1.